The summed E-state index contributed by atoms with van der Waals surface area (Å²) >= 11 is -0.826. The molecular weight excluding hydrogens is 983 g/mol. The van der Waals surface area contributed by atoms with E-state index in [1.54, 1.807) is 0 Å². The fourth-order valence-electron chi connectivity index (χ4n) is 9.07. The molecule has 0 fully saturated rings. The fourth-order valence-corrected chi connectivity index (χ4v) is 9.07. The van der Waals surface area contributed by atoms with Crippen LogP contribution in [0.4, 0.5) is 0 Å². The summed E-state index contributed by atoms with van der Waals surface area (Å²) < 4.78 is 0. The molecule has 4 heteroatoms. The summed E-state index contributed by atoms with van der Waals surface area (Å²) in [4.78, 5) is 0. The van der Waals surface area contributed by atoms with Crippen LogP contribution in [0.2, 0.25) is 13.1 Å². The molecule has 0 aliphatic carbocycles. The molecule has 366 valence electrons. The molecule has 8 aromatic rings. The van der Waals surface area contributed by atoms with Gasteiger partial charge in [-0.2, -0.15) is 0 Å². The second-order valence-corrected chi connectivity index (χ2v) is 28.5. The molecule has 8 rings (SSSR count). The molecular formula is C66H80Cl2SiZr. The number of halogens is 2. The zero-order valence-electron chi connectivity index (χ0n) is 45.8. The van der Waals surface area contributed by atoms with E-state index in [0.717, 1.165) is 9.52 Å². The number of rotatable bonds is 6. The molecule has 0 N–H and O–H groups in total. The third-order valence-corrected chi connectivity index (χ3v) is 13.2. The van der Waals surface area contributed by atoms with Crippen molar-refractivity contribution in [2.75, 3.05) is 0 Å². The molecule has 70 heavy (non-hydrogen) atoms. The van der Waals surface area contributed by atoms with Gasteiger partial charge in [0.15, 0.2) is 0 Å². The van der Waals surface area contributed by atoms with Gasteiger partial charge < -0.3 is 0 Å². The van der Waals surface area contributed by atoms with Gasteiger partial charge >= 0.3 is 37.9 Å². The minimum atomic E-state index is -0.826. The summed E-state index contributed by atoms with van der Waals surface area (Å²) in [6.45, 7) is 41.4. The van der Waals surface area contributed by atoms with Crippen LogP contribution in [-0.2, 0) is 42.5 Å². The normalized spacial score (nSPS) is 12.0. The quantitative estimate of drug-likeness (QED) is 0.115. The predicted octanol–water partition coefficient (Wildman–Crippen LogP) is 21.4. The van der Waals surface area contributed by atoms with E-state index < -0.39 is 20.8 Å². The summed E-state index contributed by atoms with van der Waals surface area (Å²) in [5.41, 5.74) is 19.5. The van der Waals surface area contributed by atoms with Gasteiger partial charge in [-0.05, 0) is 78.0 Å². The summed E-state index contributed by atoms with van der Waals surface area (Å²) in [5, 5.41) is 5.37. The summed E-state index contributed by atoms with van der Waals surface area (Å²) in [7, 11) is 11.0. The Kier molecular flexibility index (Phi) is 19.5. The van der Waals surface area contributed by atoms with Gasteiger partial charge in [0.2, 0.25) is 0 Å². The molecule has 0 atom stereocenters. The maximum atomic E-state index is 4.93. The van der Waals surface area contributed by atoms with E-state index in [9.17, 15) is 0 Å². The second kappa shape index (κ2) is 23.8. The van der Waals surface area contributed by atoms with Crippen LogP contribution in [0.15, 0.2) is 146 Å². The van der Waals surface area contributed by atoms with Crippen LogP contribution >= 0.6 is 17.0 Å². The predicted molar refractivity (Wildman–Crippen MR) is 313 cm³/mol. The van der Waals surface area contributed by atoms with E-state index in [1.807, 2.05) is 0 Å². The molecule has 0 bridgehead atoms. The molecule has 0 spiro atoms. The van der Waals surface area contributed by atoms with Crippen molar-refractivity contribution in [2.24, 2.45) is 0 Å². The van der Waals surface area contributed by atoms with Gasteiger partial charge in [0.05, 0.1) is 0 Å². The van der Waals surface area contributed by atoms with Crippen molar-refractivity contribution in [1.82, 2.24) is 0 Å². The third kappa shape index (κ3) is 14.2. The molecule has 0 nitrogen and oxygen atoms in total. The van der Waals surface area contributed by atoms with Gasteiger partial charge in [-0.3, -0.25) is 0 Å². The van der Waals surface area contributed by atoms with E-state index >= 15 is 0 Å². The van der Waals surface area contributed by atoms with Crippen LogP contribution in [-0.4, -0.2) is 9.52 Å². The summed E-state index contributed by atoms with van der Waals surface area (Å²) in [6.07, 6.45) is 0. The number of benzene rings is 6. The minimum absolute atomic E-state index is 0.100. The average molecular weight is 1060 g/mol. The van der Waals surface area contributed by atoms with Gasteiger partial charge in [-0.1, -0.05) is 255 Å². The van der Waals surface area contributed by atoms with Crippen LogP contribution in [0.25, 0.3) is 66.1 Å². The Morgan fingerprint density at radius 1 is 0.400 bits per heavy atom. The molecule has 0 unspecified atom stereocenters. The van der Waals surface area contributed by atoms with Gasteiger partial charge in [0, 0.05) is 9.52 Å². The zero-order chi connectivity index (χ0) is 51.9. The number of fused-ring (bicyclic) bond motifs is 2. The van der Waals surface area contributed by atoms with E-state index in [2.05, 4.69) is 269 Å². The van der Waals surface area contributed by atoms with E-state index in [-0.39, 0.29) is 21.7 Å². The maximum absolute atomic E-state index is 4.93. The van der Waals surface area contributed by atoms with Gasteiger partial charge in [-0.15, -0.1) is 69.1 Å². The average Bonchev–Trinajstić information content (AvgIpc) is 3.94. The Labute approximate surface area is 446 Å². The summed E-state index contributed by atoms with van der Waals surface area (Å²) in [5.74, 6) is 0.918. The zero-order valence-corrected chi connectivity index (χ0v) is 50.7. The molecule has 0 aliphatic heterocycles. The third-order valence-electron chi connectivity index (χ3n) is 13.2. The summed E-state index contributed by atoms with van der Waals surface area (Å²) in [6, 6.07) is 54.8. The van der Waals surface area contributed by atoms with Crippen molar-refractivity contribution >= 4 is 48.1 Å². The van der Waals surface area contributed by atoms with E-state index in [4.69, 9.17) is 17.0 Å². The SMILES string of the molecule is CC(C)c1ccc2[cH-]c(-c3ccccc3)cc2c1-c1cc(C(C)(C)C)cc(C(C)(C)C)c1.CC(C)c1ccc2[cH-]c(-c3ccccc3)cc2c1-c1cc(C(C)(C)C)cc(C(C)(C)C)c1.C[Si]C.[Cl][Zr+2][Cl]. The topological polar surface area (TPSA) is 0 Å². The molecule has 0 aliphatic rings. The van der Waals surface area contributed by atoms with Gasteiger partial charge in [-0.25, -0.2) is 0 Å². The van der Waals surface area contributed by atoms with Crippen molar-refractivity contribution < 1.29 is 20.8 Å². The molecule has 0 amide bonds. The Morgan fingerprint density at radius 2 is 0.671 bits per heavy atom. The van der Waals surface area contributed by atoms with Gasteiger partial charge in [0.1, 0.15) is 0 Å². The molecule has 8 aromatic carbocycles. The Balaban J connectivity index is 0.000000235. The number of hydrogen-bond acceptors (Lipinski definition) is 0. The first-order valence-electron chi connectivity index (χ1n) is 25.2. The Bertz CT molecular complexity index is 2670. The first kappa shape index (κ1) is 57.1. The van der Waals surface area contributed by atoms with Crippen molar-refractivity contribution in [1.29, 1.82) is 0 Å². The molecule has 0 aromatic heterocycles. The fraction of sp³-hybridized carbons (Fsp3) is 0.364. The van der Waals surface area contributed by atoms with E-state index in [1.165, 1.54) is 99.4 Å². The van der Waals surface area contributed by atoms with E-state index in [0.29, 0.717) is 11.8 Å². The van der Waals surface area contributed by atoms with Crippen molar-refractivity contribution in [3.8, 4) is 44.5 Å². The van der Waals surface area contributed by atoms with Crippen LogP contribution < -0.4 is 0 Å². The molecule has 0 saturated carbocycles. The Hall–Kier alpha value is -3.78. The van der Waals surface area contributed by atoms with Crippen molar-refractivity contribution in [3.63, 3.8) is 0 Å². The molecule has 0 saturated heterocycles. The van der Waals surface area contributed by atoms with Gasteiger partial charge in [0.25, 0.3) is 0 Å². The van der Waals surface area contributed by atoms with Crippen LogP contribution in [0.3, 0.4) is 0 Å². The second-order valence-electron chi connectivity index (χ2n) is 23.8. The monoisotopic (exact) mass is 1060 g/mol. The van der Waals surface area contributed by atoms with Crippen LogP contribution in [0, 0.1) is 0 Å². The first-order chi connectivity index (χ1) is 32.7. The van der Waals surface area contributed by atoms with Crippen molar-refractivity contribution in [2.45, 2.75) is 157 Å². The Morgan fingerprint density at radius 3 is 0.914 bits per heavy atom. The van der Waals surface area contributed by atoms with Crippen LogP contribution in [0.5, 0.6) is 0 Å². The standard InChI is InChI=1S/2C32H37.C2H6Si.2ClH.Zr/c2*1-21(2)28-15-14-23-16-24(22-12-10-9-11-13-22)19-29(23)30(28)25-17-26(31(3,4)5)20-27(18-25)32(6,7)8;1-3-2;;;/h2*9-21H,1-8H3;1-2H3;2*1H;/q2*-1;;;;+4/p-2. The molecule has 2 radical (unpaired) electrons. The first-order valence-corrected chi connectivity index (χ1v) is 33.5. The van der Waals surface area contributed by atoms with Crippen molar-refractivity contribution in [3.05, 3.63) is 179 Å². The number of hydrogen-bond donors (Lipinski definition) is 0. The van der Waals surface area contributed by atoms with Crippen LogP contribution in [0.1, 0.15) is 156 Å². The molecule has 0 heterocycles.